The number of thioether (sulfide) groups is 1. The van der Waals surface area contributed by atoms with E-state index in [-0.39, 0.29) is 5.91 Å². The maximum atomic E-state index is 13.6. The van der Waals surface area contributed by atoms with Crippen LogP contribution in [0.5, 0.6) is 0 Å². The van der Waals surface area contributed by atoms with Crippen LogP contribution in [0.2, 0.25) is 10.0 Å². The first-order chi connectivity index (χ1) is 13.1. The highest BCUT2D eigenvalue weighted by Gasteiger charge is 2.65. The molecule has 1 saturated heterocycles. The smallest absolute Gasteiger partial charge is 0.255 e. The van der Waals surface area contributed by atoms with Crippen LogP contribution in [-0.4, -0.2) is 39.5 Å². The van der Waals surface area contributed by atoms with Gasteiger partial charge in [0.25, 0.3) is 5.91 Å². The van der Waals surface area contributed by atoms with Gasteiger partial charge < -0.3 is 4.84 Å². The largest absolute Gasteiger partial charge is 0.385 e. The van der Waals surface area contributed by atoms with Crippen molar-refractivity contribution in [3.63, 3.8) is 0 Å². The second kappa shape index (κ2) is 6.26. The van der Waals surface area contributed by atoms with Gasteiger partial charge in [0.1, 0.15) is 5.71 Å². The Balaban J connectivity index is 1.72. The van der Waals surface area contributed by atoms with Crippen LogP contribution in [0.4, 0.5) is 0 Å². The molecule has 27 heavy (non-hydrogen) atoms. The van der Waals surface area contributed by atoms with Gasteiger partial charge in [-0.1, -0.05) is 76.5 Å². The quantitative estimate of drug-likeness (QED) is 0.736. The number of aliphatic imine (C=N–C) groups is 1. The molecule has 0 radical (unpaired) electrons. The zero-order valence-electron chi connectivity index (χ0n) is 13.9. The molecule has 2 unspecified atom stereocenters. The number of carbonyl (C=O) groups is 1. The summed E-state index contributed by atoms with van der Waals surface area (Å²) >= 11 is 14.3. The molecule has 3 heterocycles. The lowest BCUT2D eigenvalue weighted by Gasteiger charge is -2.27. The Bertz CT molecular complexity index is 991. The summed E-state index contributed by atoms with van der Waals surface area (Å²) in [5, 5.41) is 5.88. The molecule has 1 spiro atoms. The van der Waals surface area contributed by atoms with E-state index in [1.165, 1.54) is 11.8 Å². The number of oxime groups is 1. The molecular weight excluding hydrogens is 405 g/mol. The van der Waals surface area contributed by atoms with Crippen LogP contribution in [0, 0.1) is 0 Å². The fourth-order valence-electron chi connectivity index (χ4n) is 3.66. The van der Waals surface area contributed by atoms with Gasteiger partial charge in [0.05, 0.1) is 16.6 Å². The minimum atomic E-state index is -1.10. The maximum Gasteiger partial charge on any atom is 0.255 e. The van der Waals surface area contributed by atoms with Gasteiger partial charge >= 0.3 is 0 Å². The third-order valence-electron chi connectivity index (χ3n) is 4.89. The van der Waals surface area contributed by atoms with E-state index >= 15 is 0 Å². The summed E-state index contributed by atoms with van der Waals surface area (Å²) in [5.41, 5.74) is 1.84. The predicted molar refractivity (Wildman–Crippen MR) is 108 cm³/mol. The first kappa shape index (κ1) is 17.1. The van der Waals surface area contributed by atoms with Crippen LogP contribution in [0.15, 0.2) is 58.7 Å². The second-order valence-electron chi connectivity index (χ2n) is 6.39. The van der Waals surface area contributed by atoms with Crippen molar-refractivity contribution in [2.24, 2.45) is 10.1 Å². The van der Waals surface area contributed by atoms with E-state index < -0.39 is 10.9 Å². The molecule has 5 rings (SSSR count). The van der Waals surface area contributed by atoms with E-state index in [4.69, 9.17) is 28.0 Å². The molecular formula is C19H13Cl2N3O2S. The van der Waals surface area contributed by atoms with Crippen molar-refractivity contribution < 1.29 is 9.63 Å². The second-order valence-corrected chi connectivity index (χ2v) is 8.42. The number of nitrogens with zero attached hydrogens (tertiary/aromatic N) is 3. The van der Waals surface area contributed by atoms with Gasteiger partial charge in [0.2, 0.25) is 0 Å². The molecule has 0 saturated carbocycles. The molecule has 5 nitrogen and oxygen atoms in total. The van der Waals surface area contributed by atoms with E-state index in [1.807, 2.05) is 30.3 Å². The van der Waals surface area contributed by atoms with Crippen LogP contribution in [-0.2, 0) is 9.63 Å². The van der Waals surface area contributed by atoms with Crippen molar-refractivity contribution in [1.29, 1.82) is 0 Å². The molecule has 0 N–H and O–H groups in total. The van der Waals surface area contributed by atoms with E-state index in [0.29, 0.717) is 39.6 Å². The highest BCUT2D eigenvalue weighted by Crippen LogP contribution is 2.54. The average Bonchev–Trinajstić information content (AvgIpc) is 3.34. The summed E-state index contributed by atoms with van der Waals surface area (Å²) in [6.07, 6.45) is -0.591. The Kier molecular flexibility index (Phi) is 3.96. The molecule has 2 aromatic rings. The summed E-state index contributed by atoms with van der Waals surface area (Å²) in [6, 6.07) is 14.8. The van der Waals surface area contributed by atoms with E-state index in [2.05, 4.69) is 10.1 Å². The van der Waals surface area contributed by atoms with Gasteiger partial charge in [-0.05, 0) is 17.7 Å². The molecule has 0 bridgehead atoms. The summed E-state index contributed by atoms with van der Waals surface area (Å²) < 4.78 is -1.10. The van der Waals surface area contributed by atoms with Crippen LogP contribution in [0.1, 0.15) is 17.2 Å². The minimum absolute atomic E-state index is 0.0927. The van der Waals surface area contributed by atoms with Crippen LogP contribution >= 0.6 is 35.0 Å². The van der Waals surface area contributed by atoms with Crippen LogP contribution in [0.3, 0.4) is 0 Å². The first-order valence-corrected chi connectivity index (χ1v) is 9.99. The lowest BCUT2D eigenvalue weighted by Crippen LogP contribution is -2.48. The normalized spacial score (nSPS) is 26.2. The number of fused-ring (bicyclic) bond motifs is 1. The number of hydrogen-bond donors (Lipinski definition) is 0. The molecule has 3 aliphatic rings. The Morgan fingerprint density at radius 1 is 1.11 bits per heavy atom. The van der Waals surface area contributed by atoms with Crippen molar-refractivity contribution >= 4 is 51.8 Å². The molecule has 2 aromatic carbocycles. The van der Waals surface area contributed by atoms with E-state index in [0.717, 1.165) is 5.56 Å². The highest BCUT2D eigenvalue weighted by molar-refractivity contribution is 8.17. The van der Waals surface area contributed by atoms with Gasteiger partial charge in [-0.15, -0.1) is 0 Å². The summed E-state index contributed by atoms with van der Waals surface area (Å²) in [6.45, 7) is 1.17. The SMILES string of the molecule is O=C1N2CCN=C2SC12C(c1c(Cl)cccc1Cl)=NOC2c1ccccc1. The standard InChI is InChI=1S/C19H13Cl2N3O2S/c20-12-7-4-8-13(21)14(12)15-19(17(25)24-10-9-22-18(24)27-19)16(26-23-15)11-5-2-1-3-6-11/h1-8,16H,9-10H2. The van der Waals surface area contributed by atoms with Gasteiger partial charge in [-0.3, -0.25) is 14.7 Å². The Morgan fingerprint density at radius 2 is 1.85 bits per heavy atom. The first-order valence-electron chi connectivity index (χ1n) is 8.42. The van der Waals surface area contributed by atoms with Crippen molar-refractivity contribution in [1.82, 2.24) is 4.90 Å². The van der Waals surface area contributed by atoms with Crippen molar-refractivity contribution in [2.75, 3.05) is 13.1 Å². The average molecular weight is 418 g/mol. The number of benzene rings is 2. The molecule has 0 aromatic heterocycles. The number of hydrogen-bond acceptors (Lipinski definition) is 5. The molecule has 3 aliphatic heterocycles. The van der Waals surface area contributed by atoms with E-state index in [9.17, 15) is 4.79 Å². The Labute approximate surface area is 170 Å². The molecule has 1 amide bonds. The minimum Gasteiger partial charge on any atom is -0.385 e. The fraction of sp³-hybridized carbons (Fsp3) is 0.211. The molecule has 1 fully saturated rings. The van der Waals surface area contributed by atoms with Gasteiger partial charge in [-0.2, -0.15) is 0 Å². The monoisotopic (exact) mass is 417 g/mol. The van der Waals surface area contributed by atoms with Crippen molar-refractivity contribution in [3.05, 3.63) is 69.7 Å². The van der Waals surface area contributed by atoms with Crippen LogP contribution < -0.4 is 0 Å². The summed E-state index contributed by atoms with van der Waals surface area (Å²) in [5.74, 6) is -0.0927. The van der Waals surface area contributed by atoms with Gasteiger partial charge in [-0.25, -0.2) is 0 Å². The summed E-state index contributed by atoms with van der Waals surface area (Å²) in [7, 11) is 0. The molecule has 2 atom stereocenters. The fourth-order valence-corrected chi connectivity index (χ4v) is 5.68. The topological polar surface area (TPSA) is 54.3 Å². The third kappa shape index (κ3) is 2.37. The Morgan fingerprint density at radius 3 is 2.56 bits per heavy atom. The lowest BCUT2D eigenvalue weighted by molar-refractivity contribution is -0.129. The highest BCUT2D eigenvalue weighted by atomic mass is 35.5. The van der Waals surface area contributed by atoms with Crippen LogP contribution in [0.25, 0.3) is 0 Å². The van der Waals surface area contributed by atoms with Gasteiger partial charge in [0, 0.05) is 12.1 Å². The number of halogens is 2. The lowest BCUT2D eigenvalue weighted by atomic mass is 9.86. The Hall–Kier alpha value is -2.02. The number of amides is 1. The zero-order valence-corrected chi connectivity index (χ0v) is 16.3. The molecule has 0 aliphatic carbocycles. The summed E-state index contributed by atoms with van der Waals surface area (Å²) in [4.78, 5) is 25.6. The third-order valence-corrected chi connectivity index (χ3v) is 6.96. The number of carbonyl (C=O) groups excluding carboxylic acids is 1. The molecule has 136 valence electrons. The van der Waals surface area contributed by atoms with E-state index in [1.54, 1.807) is 23.1 Å². The number of amidine groups is 1. The number of rotatable bonds is 2. The maximum absolute atomic E-state index is 13.6. The van der Waals surface area contributed by atoms with Crippen molar-refractivity contribution in [3.8, 4) is 0 Å². The van der Waals surface area contributed by atoms with Gasteiger partial charge in [0.15, 0.2) is 16.0 Å². The molecule has 8 heteroatoms. The predicted octanol–water partition coefficient (Wildman–Crippen LogP) is 4.15. The van der Waals surface area contributed by atoms with Crippen molar-refractivity contribution in [2.45, 2.75) is 10.9 Å². The zero-order chi connectivity index (χ0) is 18.6.